The number of thiophene rings is 1. The van der Waals surface area contributed by atoms with Gasteiger partial charge < -0.3 is 4.74 Å². The maximum absolute atomic E-state index is 6.38. The Morgan fingerprint density at radius 3 is 2.65 bits per heavy atom. The SMILES string of the molecule is CC(C)(C)c1cc(C2CC(c3cccnc3)O2)c(Cl)s1. The van der Waals surface area contributed by atoms with Crippen LogP contribution in [0.5, 0.6) is 0 Å². The van der Waals surface area contributed by atoms with Crippen LogP contribution in [0.15, 0.2) is 30.6 Å². The second-order valence-electron chi connectivity index (χ2n) is 6.23. The Morgan fingerprint density at radius 2 is 2.10 bits per heavy atom. The third kappa shape index (κ3) is 2.62. The Labute approximate surface area is 128 Å². The summed E-state index contributed by atoms with van der Waals surface area (Å²) in [5.74, 6) is 0. The van der Waals surface area contributed by atoms with Crippen molar-refractivity contribution in [1.29, 1.82) is 0 Å². The molecular formula is C16H18ClNOS. The van der Waals surface area contributed by atoms with Crippen molar-refractivity contribution in [1.82, 2.24) is 4.98 Å². The first-order chi connectivity index (χ1) is 9.45. The van der Waals surface area contributed by atoms with E-state index in [-0.39, 0.29) is 17.6 Å². The van der Waals surface area contributed by atoms with E-state index in [9.17, 15) is 0 Å². The maximum Gasteiger partial charge on any atom is 0.0989 e. The van der Waals surface area contributed by atoms with Crippen molar-refractivity contribution < 1.29 is 4.74 Å². The molecule has 0 aromatic carbocycles. The van der Waals surface area contributed by atoms with Crippen molar-refractivity contribution in [2.24, 2.45) is 0 Å². The number of pyridine rings is 1. The van der Waals surface area contributed by atoms with E-state index in [1.54, 1.807) is 17.5 Å². The van der Waals surface area contributed by atoms with Gasteiger partial charge in [-0.2, -0.15) is 0 Å². The Bertz CT molecular complexity index is 597. The highest BCUT2D eigenvalue weighted by Gasteiger charge is 2.35. The van der Waals surface area contributed by atoms with Crippen LogP contribution in [0, 0.1) is 0 Å². The first-order valence-electron chi connectivity index (χ1n) is 6.80. The van der Waals surface area contributed by atoms with Gasteiger partial charge in [-0.15, -0.1) is 11.3 Å². The number of ether oxygens (including phenoxy) is 1. The molecule has 1 aliphatic heterocycles. The molecule has 0 saturated carbocycles. The minimum absolute atomic E-state index is 0.125. The van der Waals surface area contributed by atoms with Crippen molar-refractivity contribution in [2.75, 3.05) is 0 Å². The molecule has 1 saturated heterocycles. The van der Waals surface area contributed by atoms with Crippen molar-refractivity contribution >= 4 is 22.9 Å². The van der Waals surface area contributed by atoms with Gasteiger partial charge in [0.25, 0.3) is 0 Å². The van der Waals surface area contributed by atoms with Crippen LogP contribution in [0.1, 0.15) is 55.4 Å². The number of rotatable bonds is 2. The van der Waals surface area contributed by atoms with E-state index in [0.29, 0.717) is 0 Å². The summed E-state index contributed by atoms with van der Waals surface area (Å²) in [6.45, 7) is 6.62. The zero-order chi connectivity index (χ0) is 14.3. The van der Waals surface area contributed by atoms with Gasteiger partial charge in [0.15, 0.2) is 0 Å². The highest BCUT2D eigenvalue weighted by molar-refractivity contribution is 7.16. The first-order valence-corrected chi connectivity index (χ1v) is 7.99. The standard InChI is InChI=1S/C16H18ClNOS/c1-16(2,3)14-7-11(15(17)20-14)13-8-12(19-13)10-5-4-6-18-9-10/h4-7,9,12-13H,8H2,1-3H3. The van der Waals surface area contributed by atoms with Crippen molar-refractivity contribution in [3.63, 3.8) is 0 Å². The Balaban J connectivity index is 1.73. The molecule has 0 bridgehead atoms. The number of aromatic nitrogens is 1. The summed E-state index contributed by atoms with van der Waals surface area (Å²) < 4.78 is 6.87. The smallest absolute Gasteiger partial charge is 0.0989 e. The quantitative estimate of drug-likeness (QED) is 0.751. The summed E-state index contributed by atoms with van der Waals surface area (Å²) in [6.07, 6.45) is 4.91. The molecule has 106 valence electrons. The molecular weight excluding hydrogens is 290 g/mol. The second kappa shape index (κ2) is 5.14. The van der Waals surface area contributed by atoms with Gasteiger partial charge in [0, 0.05) is 29.3 Å². The third-order valence-electron chi connectivity index (χ3n) is 3.61. The van der Waals surface area contributed by atoms with E-state index in [2.05, 4.69) is 37.9 Å². The molecule has 0 amide bonds. The van der Waals surface area contributed by atoms with Gasteiger partial charge in [-0.05, 0) is 23.1 Å². The lowest BCUT2D eigenvalue weighted by atomic mass is 9.91. The number of hydrogen-bond acceptors (Lipinski definition) is 3. The Hall–Kier alpha value is -0.900. The lowest BCUT2D eigenvalue weighted by Gasteiger charge is -2.36. The lowest BCUT2D eigenvalue weighted by molar-refractivity contribution is -0.130. The van der Waals surface area contributed by atoms with Crippen LogP contribution in [0.2, 0.25) is 4.34 Å². The van der Waals surface area contributed by atoms with Crippen LogP contribution in [-0.2, 0) is 10.2 Å². The van der Waals surface area contributed by atoms with E-state index >= 15 is 0 Å². The number of hydrogen-bond donors (Lipinski definition) is 0. The molecule has 2 atom stereocenters. The van der Waals surface area contributed by atoms with Crippen LogP contribution in [0.25, 0.3) is 0 Å². The molecule has 1 fully saturated rings. The lowest BCUT2D eigenvalue weighted by Crippen LogP contribution is -2.23. The van der Waals surface area contributed by atoms with Gasteiger partial charge in [-0.25, -0.2) is 0 Å². The zero-order valence-corrected chi connectivity index (χ0v) is 13.5. The van der Waals surface area contributed by atoms with Gasteiger partial charge in [0.2, 0.25) is 0 Å². The summed E-state index contributed by atoms with van der Waals surface area (Å²) in [5, 5.41) is 0. The van der Waals surface area contributed by atoms with Crippen molar-refractivity contribution in [3.05, 3.63) is 50.9 Å². The second-order valence-corrected chi connectivity index (χ2v) is 7.88. The van der Waals surface area contributed by atoms with E-state index in [1.807, 2.05) is 12.3 Å². The number of nitrogens with zero attached hydrogens (tertiary/aromatic N) is 1. The molecule has 2 unspecified atom stereocenters. The summed E-state index contributed by atoms with van der Waals surface area (Å²) >= 11 is 8.05. The summed E-state index contributed by atoms with van der Waals surface area (Å²) in [4.78, 5) is 5.45. The molecule has 2 aromatic heterocycles. The predicted octanol–water partition coefficient (Wildman–Crippen LogP) is 5.30. The molecule has 0 aliphatic carbocycles. The van der Waals surface area contributed by atoms with Crippen LogP contribution in [-0.4, -0.2) is 4.98 Å². The molecule has 3 rings (SSSR count). The van der Waals surface area contributed by atoms with Gasteiger partial charge in [-0.3, -0.25) is 4.98 Å². The monoisotopic (exact) mass is 307 g/mol. The van der Waals surface area contributed by atoms with Gasteiger partial charge in [-0.1, -0.05) is 38.4 Å². The predicted molar refractivity (Wildman–Crippen MR) is 83.5 cm³/mol. The average molecular weight is 308 g/mol. The average Bonchev–Trinajstić information content (AvgIpc) is 2.71. The molecule has 3 heterocycles. The summed E-state index contributed by atoms with van der Waals surface area (Å²) in [7, 11) is 0. The normalized spacial score (nSPS) is 22.6. The Kier molecular flexibility index (Phi) is 3.61. The molecule has 20 heavy (non-hydrogen) atoms. The van der Waals surface area contributed by atoms with Crippen LogP contribution >= 0.6 is 22.9 Å². The van der Waals surface area contributed by atoms with Crippen LogP contribution in [0.4, 0.5) is 0 Å². The van der Waals surface area contributed by atoms with Crippen LogP contribution < -0.4 is 0 Å². The topological polar surface area (TPSA) is 22.1 Å². The van der Waals surface area contributed by atoms with Crippen molar-refractivity contribution in [3.8, 4) is 0 Å². The van der Waals surface area contributed by atoms with Crippen molar-refractivity contribution in [2.45, 2.75) is 44.8 Å². The fourth-order valence-corrected chi connectivity index (χ4v) is 3.75. The zero-order valence-electron chi connectivity index (χ0n) is 11.9. The molecule has 2 nitrogen and oxygen atoms in total. The Morgan fingerprint density at radius 1 is 1.35 bits per heavy atom. The van der Waals surface area contributed by atoms with E-state index in [4.69, 9.17) is 16.3 Å². The van der Waals surface area contributed by atoms with Gasteiger partial charge in [0.05, 0.1) is 16.5 Å². The maximum atomic E-state index is 6.38. The minimum atomic E-state index is 0.125. The molecule has 0 radical (unpaired) electrons. The summed E-state index contributed by atoms with van der Waals surface area (Å²) in [5.41, 5.74) is 2.42. The largest absolute Gasteiger partial charge is 0.365 e. The molecule has 1 aliphatic rings. The molecule has 2 aromatic rings. The van der Waals surface area contributed by atoms with E-state index < -0.39 is 0 Å². The van der Waals surface area contributed by atoms with Gasteiger partial charge >= 0.3 is 0 Å². The first kappa shape index (κ1) is 14.1. The van der Waals surface area contributed by atoms with E-state index in [0.717, 1.165) is 21.9 Å². The fourth-order valence-electron chi connectivity index (χ4n) is 2.33. The highest BCUT2D eigenvalue weighted by atomic mass is 35.5. The van der Waals surface area contributed by atoms with E-state index in [1.165, 1.54) is 4.88 Å². The third-order valence-corrected chi connectivity index (χ3v) is 5.43. The van der Waals surface area contributed by atoms with Gasteiger partial charge in [0.1, 0.15) is 0 Å². The minimum Gasteiger partial charge on any atom is -0.365 e. The fraction of sp³-hybridized carbons (Fsp3) is 0.438. The summed E-state index contributed by atoms with van der Waals surface area (Å²) in [6, 6.07) is 6.21. The molecule has 0 spiro atoms. The molecule has 0 N–H and O–H groups in total. The molecule has 4 heteroatoms. The number of halogens is 1. The van der Waals surface area contributed by atoms with Crippen LogP contribution in [0.3, 0.4) is 0 Å². The highest BCUT2D eigenvalue weighted by Crippen LogP contribution is 2.49.